The van der Waals surface area contributed by atoms with Crippen molar-refractivity contribution in [1.29, 1.82) is 0 Å². The number of benzene rings is 1. The van der Waals surface area contributed by atoms with Gasteiger partial charge in [0.15, 0.2) is 11.6 Å². The molecule has 0 aliphatic carbocycles. The molecule has 6 nitrogen and oxygen atoms in total. The van der Waals surface area contributed by atoms with Crippen LogP contribution in [0.1, 0.15) is 30.1 Å². The summed E-state index contributed by atoms with van der Waals surface area (Å²) in [6.07, 6.45) is 1.04. The van der Waals surface area contributed by atoms with E-state index in [1.165, 1.54) is 30.2 Å². The number of rotatable bonds is 6. The van der Waals surface area contributed by atoms with Crippen LogP contribution in [0.2, 0.25) is 0 Å². The van der Waals surface area contributed by atoms with Crippen LogP contribution in [0.5, 0.6) is 5.75 Å². The number of carbonyl (C=O) groups is 2. The number of nitrogens with two attached hydrogens (primary N) is 1. The zero-order valence-corrected chi connectivity index (χ0v) is 13.3. The van der Waals surface area contributed by atoms with Gasteiger partial charge in [-0.25, -0.2) is 4.39 Å². The molecular weight excluding hydrogens is 303 g/mol. The smallest absolute Gasteiger partial charge is 0.258 e. The van der Waals surface area contributed by atoms with Gasteiger partial charge < -0.3 is 20.1 Å². The predicted octanol–water partition coefficient (Wildman–Crippen LogP) is 1.33. The topological polar surface area (TPSA) is 81.9 Å². The summed E-state index contributed by atoms with van der Waals surface area (Å²) in [6.45, 7) is 2.29. The van der Waals surface area contributed by atoms with Crippen molar-refractivity contribution >= 4 is 11.8 Å². The van der Waals surface area contributed by atoms with Crippen LogP contribution in [0.25, 0.3) is 0 Å². The second-order valence-electron chi connectivity index (χ2n) is 5.44. The Morgan fingerprint density at radius 1 is 1.43 bits per heavy atom. The van der Waals surface area contributed by atoms with E-state index < -0.39 is 23.2 Å². The first-order chi connectivity index (χ1) is 11.0. The lowest BCUT2D eigenvalue weighted by molar-refractivity contribution is -0.130. The molecule has 2 amide bonds. The summed E-state index contributed by atoms with van der Waals surface area (Å²) in [7, 11) is 1.44. The van der Waals surface area contributed by atoms with Gasteiger partial charge in [-0.1, -0.05) is 6.07 Å². The molecule has 2 rings (SSSR count). The highest BCUT2D eigenvalue weighted by atomic mass is 19.1. The molecular formula is C16H21FN2O4. The zero-order chi connectivity index (χ0) is 17.0. The molecule has 7 heteroatoms. The Hall–Kier alpha value is -2.15. The van der Waals surface area contributed by atoms with Crippen molar-refractivity contribution in [3.8, 4) is 5.75 Å². The first-order valence-corrected chi connectivity index (χ1v) is 7.50. The molecule has 1 atom stereocenters. The zero-order valence-electron chi connectivity index (χ0n) is 13.3. The number of likely N-dealkylation sites (tertiary alicyclic amines) is 1. The van der Waals surface area contributed by atoms with Crippen LogP contribution >= 0.6 is 0 Å². The molecule has 126 valence electrons. The summed E-state index contributed by atoms with van der Waals surface area (Å²) in [4.78, 5) is 26.3. The molecule has 1 heterocycles. The van der Waals surface area contributed by atoms with E-state index in [-0.39, 0.29) is 24.5 Å². The van der Waals surface area contributed by atoms with E-state index in [1.807, 2.05) is 0 Å². The van der Waals surface area contributed by atoms with Crippen molar-refractivity contribution in [2.75, 3.05) is 26.9 Å². The number of para-hydroxylation sites is 1. The summed E-state index contributed by atoms with van der Waals surface area (Å²) in [6, 6.07) is 4.14. The van der Waals surface area contributed by atoms with Crippen molar-refractivity contribution in [3.63, 3.8) is 0 Å². The summed E-state index contributed by atoms with van der Waals surface area (Å²) in [5.41, 5.74) is 4.41. The number of halogens is 1. The standard InChI is InChI=1S/C16H21FN2O4/c1-3-23-13-11(6-4-7-12(13)17)14(20)19-9-5-8-16(19,10-22-2)15(18)21/h4,6-7H,3,5,8-10H2,1-2H3,(H2,18,21). The molecule has 0 aromatic heterocycles. The average molecular weight is 324 g/mol. The van der Waals surface area contributed by atoms with Crippen LogP contribution in [0.15, 0.2) is 18.2 Å². The second kappa shape index (κ2) is 6.95. The van der Waals surface area contributed by atoms with E-state index in [0.717, 1.165) is 0 Å². The minimum absolute atomic E-state index is 0.00730. The molecule has 1 saturated heterocycles. The normalized spacial score (nSPS) is 20.6. The molecule has 1 aromatic carbocycles. The lowest BCUT2D eigenvalue weighted by Crippen LogP contribution is -2.58. The number of carbonyl (C=O) groups excluding carboxylic acids is 2. The minimum Gasteiger partial charge on any atom is -0.490 e. The maximum atomic E-state index is 14.0. The third-order valence-electron chi connectivity index (χ3n) is 4.06. The van der Waals surface area contributed by atoms with E-state index in [9.17, 15) is 14.0 Å². The number of hydrogen-bond donors (Lipinski definition) is 1. The summed E-state index contributed by atoms with van der Waals surface area (Å²) >= 11 is 0. The number of primary amides is 1. The molecule has 23 heavy (non-hydrogen) atoms. The number of amides is 2. The van der Waals surface area contributed by atoms with E-state index in [0.29, 0.717) is 19.4 Å². The number of methoxy groups -OCH3 is 1. The lowest BCUT2D eigenvalue weighted by atomic mass is 9.95. The monoisotopic (exact) mass is 324 g/mol. The van der Waals surface area contributed by atoms with Gasteiger partial charge in [-0.15, -0.1) is 0 Å². The van der Waals surface area contributed by atoms with Gasteiger partial charge in [0.05, 0.1) is 18.8 Å². The Labute approximate surface area is 134 Å². The van der Waals surface area contributed by atoms with Crippen LogP contribution in [-0.2, 0) is 9.53 Å². The van der Waals surface area contributed by atoms with Gasteiger partial charge in [-0.05, 0) is 31.9 Å². The van der Waals surface area contributed by atoms with Gasteiger partial charge >= 0.3 is 0 Å². The van der Waals surface area contributed by atoms with Crippen molar-refractivity contribution in [2.24, 2.45) is 5.73 Å². The molecule has 1 aromatic rings. The Morgan fingerprint density at radius 3 is 2.78 bits per heavy atom. The van der Waals surface area contributed by atoms with Gasteiger partial charge in [-0.3, -0.25) is 9.59 Å². The first-order valence-electron chi connectivity index (χ1n) is 7.50. The van der Waals surface area contributed by atoms with E-state index >= 15 is 0 Å². The molecule has 2 N–H and O–H groups in total. The summed E-state index contributed by atoms with van der Waals surface area (Å²) < 4.78 is 24.3. The lowest BCUT2D eigenvalue weighted by Gasteiger charge is -2.35. The van der Waals surface area contributed by atoms with Crippen LogP contribution < -0.4 is 10.5 Å². The van der Waals surface area contributed by atoms with Crippen molar-refractivity contribution < 1.29 is 23.5 Å². The maximum Gasteiger partial charge on any atom is 0.258 e. The third-order valence-corrected chi connectivity index (χ3v) is 4.06. The quantitative estimate of drug-likeness (QED) is 0.856. The highest BCUT2D eigenvalue weighted by molar-refractivity contribution is 6.01. The SMILES string of the molecule is CCOc1c(F)cccc1C(=O)N1CCCC1(COC)C(N)=O. The fourth-order valence-electron chi connectivity index (χ4n) is 3.00. The Bertz CT molecular complexity index is 608. The summed E-state index contributed by atoms with van der Waals surface area (Å²) in [5, 5.41) is 0. The maximum absolute atomic E-state index is 14.0. The van der Waals surface area contributed by atoms with Gasteiger partial charge in [-0.2, -0.15) is 0 Å². The molecule has 0 spiro atoms. The van der Waals surface area contributed by atoms with Crippen molar-refractivity contribution in [2.45, 2.75) is 25.3 Å². The molecule has 1 unspecified atom stereocenters. The highest BCUT2D eigenvalue weighted by Gasteiger charge is 2.49. The van der Waals surface area contributed by atoms with Crippen LogP contribution in [-0.4, -0.2) is 49.1 Å². The van der Waals surface area contributed by atoms with Gasteiger partial charge in [0.25, 0.3) is 5.91 Å². The van der Waals surface area contributed by atoms with Crippen LogP contribution in [0.3, 0.4) is 0 Å². The fraction of sp³-hybridized carbons (Fsp3) is 0.500. The van der Waals surface area contributed by atoms with E-state index in [2.05, 4.69) is 0 Å². The summed E-state index contributed by atoms with van der Waals surface area (Å²) in [5.74, 6) is -1.84. The molecule has 1 aliphatic rings. The Balaban J connectivity index is 2.43. The van der Waals surface area contributed by atoms with E-state index in [4.69, 9.17) is 15.2 Å². The predicted molar refractivity (Wildman–Crippen MR) is 81.6 cm³/mol. The van der Waals surface area contributed by atoms with Crippen LogP contribution in [0.4, 0.5) is 4.39 Å². The highest BCUT2D eigenvalue weighted by Crippen LogP contribution is 2.33. The van der Waals surface area contributed by atoms with Crippen LogP contribution in [0, 0.1) is 5.82 Å². The Morgan fingerprint density at radius 2 is 2.17 bits per heavy atom. The van der Waals surface area contributed by atoms with Gasteiger partial charge in [0, 0.05) is 13.7 Å². The van der Waals surface area contributed by atoms with Gasteiger partial charge in [0.2, 0.25) is 5.91 Å². The third kappa shape index (κ3) is 3.01. The molecule has 1 aliphatic heterocycles. The fourth-order valence-corrected chi connectivity index (χ4v) is 3.00. The average Bonchev–Trinajstić information content (AvgIpc) is 2.94. The first kappa shape index (κ1) is 17.2. The molecule has 0 bridgehead atoms. The largest absolute Gasteiger partial charge is 0.490 e. The molecule has 0 saturated carbocycles. The van der Waals surface area contributed by atoms with Crippen molar-refractivity contribution in [3.05, 3.63) is 29.6 Å². The van der Waals surface area contributed by atoms with Crippen molar-refractivity contribution in [1.82, 2.24) is 4.90 Å². The van der Waals surface area contributed by atoms with Gasteiger partial charge in [0.1, 0.15) is 5.54 Å². The minimum atomic E-state index is -1.21. The Kier molecular flexibility index (Phi) is 5.20. The molecule has 1 fully saturated rings. The number of hydrogen-bond acceptors (Lipinski definition) is 4. The molecule has 0 radical (unpaired) electrons. The van der Waals surface area contributed by atoms with E-state index in [1.54, 1.807) is 6.92 Å². The second-order valence-corrected chi connectivity index (χ2v) is 5.44. The number of nitrogens with zero attached hydrogens (tertiary/aromatic N) is 1. The number of ether oxygens (including phenoxy) is 2.